The molecule has 1 amide bonds. The SMILES string of the molecule is CCCC(=O)Nc1cccc(-c2ccc(C(=O)O)o2)c1. The van der Waals surface area contributed by atoms with E-state index in [4.69, 9.17) is 9.52 Å². The summed E-state index contributed by atoms with van der Waals surface area (Å²) in [6, 6.07) is 10.1. The van der Waals surface area contributed by atoms with Crippen molar-refractivity contribution >= 4 is 17.6 Å². The van der Waals surface area contributed by atoms with Gasteiger partial charge in [-0.15, -0.1) is 0 Å². The molecule has 0 aliphatic rings. The summed E-state index contributed by atoms with van der Waals surface area (Å²) in [7, 11) is 0. The van der Waals surface area contributed by atoms with Crippen LogP contribution >= 0.6 is 0 Å². The smallest absolute Gasteiger partial charge is 0.371 e. The van der Waals surface area contributed by atoms with Gasteiger partial charge in [-0.2, -0.15) is 0 Å². The molecule has 2 rings (SSSR count). The molecular weight excluding hydrogens is 258 g/mol. The summed E-state index contributed by atoms with van der Waals surface area (Å²) in [5, 5.41) is 11.6. The highest BCUT2D eigenvalue weighted by Gasteiger charge is 2.11. The summed E-state index contributed by atoms with van der Waals surface area (Å²) in [6.07, 6.45) is 1.25. The normalized spacial score (nSPS) is 10.2. The molecule has 0 unspecified atom stereocenters. The average Bonchev–Trinajstić information content (AvgIpc) is 2.89. The van der Waals surface area contributed by atoms with Gasteiger partial charge in [0.05, 0.1) is 0 Å². The molecule has 0 aliphatic heterocycles. The maximum atomic E-state index is 11.5. The Balaban J connectivity index is 2.20. The number of amides is 1. The van der Waals surface area contributed by atoms with Crippen LogP contribution < -0.4 is 5.32 Å². The van der Waals surface area contributed by atoms with E-state index in [0.29, 0.717) is 23.4 Å². The molecule has 0 fully saturated rings. The standard InChI is InChI=1S/C15H15NO4/c1-2-4-14(17)16-11-6-3-5-10(9-11)12-7-8-13(20-12)15(18)19/h3,5-9H,2,4H2,1H3,(H,16,17)(H,18,19). The second-order valence-corrected chi connectivity index (χ2v) is 4.35. The van der Waals surface area contributed by atoms with Crippen molar-refractivity contribution in [1.82, 2.24) is 0 Å². The predicted octanol–water partition coefficient (Wildman–Crippen LogP) is 3.38. The van der Waals surface area contributed by atoms with Crippen molar-refractivity contribution in [2.24, 2.45) is 0 Å². The molecule has 0 bridgehead atoms. The molecule has 1 aromatic carbocycles. The third-order valence-electron chi connectivity index (χ3n) is 2.72. The van der Waals surface area contributed by atoms with E-state index in [0.717, 1.165) is 6.42 Å². The monoisotopic (exact) mass is 273 g/mol. The molecular formula is C15H15NO4. The number of carbonyl (C=O) groups is 2. The van der Waals surface area contributed by atoms with Crippen molar-refractivity contribution in [2.75, 3.05) is 5.32 Å². The van der Waals surface area contributed by atoms with Crippen LogP contribution in [-0.2, 0) is 4.79 Å². The predicted molar refractivity (Wildman–Crippen MR) is 74.6 cm³/mol. The number of benzene rings is 1. The molecule has 5 heteroatoms. The van der Waals surface area contributed by atoms with Crippen molar-refractivity contribution in [3.8, 4) is 11.3 Å². The number of nitrogens with one attached hydrogen (secondary N) is 1. The third kappa shape index (κ3) is 3.26. The first-order chi connectivity index (χ1) is 9.60. The van der Waals surface area contributed by atoms with Crippen LogP contribution in [0.2, 0.25) is 0 Å². The maximum Gasteiger partial charge on any atom is 0.371 e. The van der Waals surface area contributed by atoms with Crippen LogP contribution in [0.25, 0.3) is 11.3 Å². The van der Waals surface area contributed by atoms with Crippen molar-refractivity contribution < 1.29 is 19.1 Å². The van der Waals surface area contributed by atoms with Crippen LogP contribution in [0.15, 0.2) is 40.8 Å². The van der Waals surface area contributed by atoms with Gasteiger partial charge in [0.15, 0.2) is 0 Å². The fraction of sp³-hybridized carbons (Fsp3) is 0.200. The van der Waals surface area contributed by atoms with Crippen LogP contribution in [0.5, 0.6) is 0 Å². The minimum atomic E-state index is -1.11. The van der Waals surface area contributed by atoms with E-state index < -0.39 is 5.97 Å². The number of carboxylic acids is 1. The second-order valence-electron chi connectivity index (χ2n) is 4.35. The summed E-state index contributed by atoms with van der Waals surface area (Å²) in [6.45, 7) is 1.94. The molecule has 1 heterocycles. The molecule has 1 aromatic heterocycles. The zero-order chi connectivity index (χ0) is 14.5. The minimum Gasteiger partial charge on any atom is -0.475 e. The Kier molecular flexibility index (Phi) is 4.20. The van der Waals surface area contributed by atoms with E-state index in [2.05, 4.69) is 5.32 Å². The molecule has 104 valence electrons. The number of carboxylic acid groups (broad SMARTS) is 1. The maximum absolute atomic E-state index is 11.5. The zero-order valence-electron chi connectivity index (χ0n) is 11.1. The molecule has 0 atom stereocenters. The summed E-state index contributed by atoms with van der Waals surface area (Å²) in [5.74, 6) is -0.812. The Morgan fingerprint density at radius 1 is 1.25 bits per heavy atom. The first-order valence-corrected chi connectivity index (χ1v) is 6.33. The van der Waals surface area contributed by atoms with Crippen molar-refractivity contribution in [3.05, 3.63) is 42.2 Å². The van der Waals surface area contributed by atoms with Gasteiger partial charge >= 0.3 is 5.97 Å². The Morgan fingerprint density at radius 3 is 2.70 bits per heavy atom. The van der Waals surface area contributed by atoms with Gasteiger partial charge in [-0.05, 0) is 30.7 Å². The quantitative estimate of drug-likeness (QED) is 0.875. The first-order valence-electron chi connectivity index (χ1n) is 6.33. The Hall–Kier alpha value is -2.56. The summed E-state index contributed by atoms with van der Waals surface area (Å²) in [4.78, 5) is 22.3. The second kappa shape index (κ2) is 6.06. The average molecular weight is 273 g/mol. The minimum absolute atomic E-state index is 0.0460. The number of rotatable bonds is 5. The lowest BCUT2D eigenvalue weighted by Crippen LogP contribution is -2.10. The highest BCUT2D eigenvalue weighted by atomic mass is 16.4. The van der Waals surface area contributed by atoms with E-state index in [9.17, 15) is 9.59 Å². The number of hydrogen-bond donors (Lipinski definition) is 2. The van der Waals surface area contributed by atoms with Gasteiger partial charge in [-0.1, -0.05) is 19.1 Å². The Bertz CT molecular complexity index is 630. The lowest BCUT2D eigenvalue weighted by molar-refractivity contribution is -0.116. The van der Waals surface area contributed by atoms with Gasteiger partial charge in [0.1, 0.15) is 5.76 Å². The first kappa shape index (κ1) is 13.9. The van der Waals surface area contributed by atoms with Gasteiger partial charge in [0, 0.05) is 17.7 Å². The van der Waals surface area contributed by atoms with E-state index >= 15 is 0 Å². The highest BCUT2D eigenvalue weighted by molar-refractivity contribution is 5.91. The Labute approximate surface area is 116 Å². The van der Waals surface area contributed by atoms with Crippen LogP contribution in [0.4, 0.5) is 5.69 Å². The van der Waals surface area contributed by atoms with Gasteiger partial charge in [-0.25, -0.2) is 4.79 Å². The zero-order valence-corrected chi connectivity index (χ0v) is 11.1. The van der Waals surface area contributed by atoms with E-state index in [1.165, 1.54) is 6.07 Å². The molecule has 5 nitrogen and oxygen atoms in total. The van der Waals surface area contributed by atoms with Gasteiger partial charge < -0.3 is 14.8 Å². The number of carbonyl (C=O) groups excluding carboxylic acids is 1. The lowest BCUT2D eigenvalue weighted by Gasteiger charge is -2.05. The van der Waals surface area contributed by atoms with Crippen molar-refractivity contribution in [2.45, 2.75) is 19.8 Å². The number of hydrogen-bond acceptors (Lipinski definition) is 3. The lowest BCUT2D eigenvalue weighted by atomic mass is 10.1. The molecule has 0 saturated carbocycles. The topological polar surface area (TPSA) is 79.5 Å². The number of aromatic carboxylic acids is 1. The molecule has 0 radical (unpaired) electrons. The number of furan rings is 1. The van der Waals surface area contributed by atoms with Crippen molar-refractivity contribution in [3.63, 3.8) is 0 Å². The number of anilines is 1. The molecule has 2 aromatic rings. The highest BCUT2D eigenvalue weighted by Crippen LogP contribution is 2.25. The fourth-order valence-corrected chi connectivity index (χ4v) is 1.81. The third-order valence-corrected chi connectivity index (χ3v) is 2.72. The van der Waals surface area contributed by atoms with Gasteiger partial charge in [0.25, 0.3) is 0 Å². The molecule has 0 saturated heterocycles. The van der Waals surface area contributed by atoms with Crippen molar-refractivity contribution in [1.29, 1.82) is 0 Å². The molecule has 20 heavy (non-hydrogen) atoms. The van der Waals surface area contributed by atoms with Crippen LogP contribution in [0.3, 0.4) is 0 Å². The van der Waals surface area contributed by atoms with E-state index in [1.54, 1.807) is 30.3 Å². The van der Waals surface area contributed by atoms with Gasteiger partial charge in [0.2, 0.25) is 11.7 Å². The largest absolute Gasteiger partial charge is 0.475 e. The summed E-state index contributed by atoms with van der Waals surface area (Å²) >= 11 is 0. The Morgan fingerprint density at radius 2 is 2.05 bits per heavy atom. The fourth-order valence-electron chi connectivity index (χ4n) is 1.81. The summed E-state index contributed by atoms with van der Waals surface area (Å²) in [5.41, 5.74) is 1.38. The van der Waals surface area contributed by atoms with E-state index in [1.807, 2.05) is 6.92 Å². The molecule has 2 N–H and O–H groups in total. The summed E-state index contributed by atoms with van der Waals surface area (Å²) < 4.78 is 5.23. The van der Waals surface area contributed by atoms with Crippen LogP contribution in [0.1, 0.15) is 30.3 Å². The van der Waals surface area contributed by atoms with Crippen LogP contribution in [-0.4, -0.2) is 17.0 Å². The molecule has 0 spiro atoms. The van der Waals surface area contributed by atoms with Crippen LogP contribution in [0, 0.1) is 0 Å². The molecule has 0 aliphatic carbocycles. The van der Waals surface area contributed by atoms with E-state index in [-0.39, 0.29) is 11.7 Å². The van der Waals surface area contributed by atoms with Gasteiger partial charge in [-0.3, -0.25) is 4.79 Å².